The average molecular weight is 472 g/mol. The lowest BCUT2D eigenvalue weighted by atomic mass is 9.75. The summed E-state index contributed by atoms with van der Waals surface area (Å²) in [6.45, 7) is 11.1. The zero-order valence-electron chi connectivity index (χ0n) is 20.9. The third-order valence-electron chi connectivity index (χ3n) is 4.99. The van der Waals surface area contributed by atoms with E-state index in [9.17, 15) is 14.4 Å². The fraction of sp³-hybridized carbons (Fsp3) is 0.444. The molecule has 0 unspecified atom stereocenters. The summed E-state index contributed by atoms with van der Waals surface area (Å²) in [6.07, 6.45) is -0.960. The number of carbonyl (C=O) groups excluding carboxylic acids is 3. The SMILES string of the molecule is Cc1ccc([C@H](NC(=O)OC(C)(C)C)[C@](F)(C(=O)OCc2ccccc2)C(=O)C(C)(C)C)cc1. The van der Waals surface area contributed by atoms with Gasteiger partial charge in [0.05, 0.1) is 0 Å². The molecule has 34 heavy (non-hydrogen) atoms. The maximum absolute atomic E-state index is 16.9. The molecule has 0 aromatic heterocycles. The van der Waals surface area contributed by atoms with Crippen LogP contribution in [0.15, 0.2) is 54.6 Å². The van der Waals surface area contributed by atoms with Gasteiger partial charge in [-0.15, -0.1) is 0 Å². The second kappa shape index (κ2) is 10.4. The number of amides is 1. The molecule has 0 bridgehead atoms. The summed E-state index contributed by atoms with van der Waals surface area (Å²) < 4.78 is 27.5. The number of benzene rings is 2. The Kier molecular flexibility index (Phi) is 8.24. The van der Waals surface area contributed by atoms with Gasteiger partial charge < -0.3 is 14.8 Å². The third-order valence-corrected chi connectivity index (χ3v) is 4.99. The summed E-state index contributed by atoms with van der Waals surface area (Å²) in [5, 5.41) is 2.42. The van der Waals surface area contributed by atoms with Crippen LogP contribution in [0.2, 0.25) is 0 Å². The number of hydrogen-bond acceptors (Lipinski definition) is 5. The number of alkyl halides is 1. The van der Waals surface area contributed by atoms with Gasteiger partial charge >= 0.3 is 12.1 Å². The molecule has 0 fully saturated rings. The molecule has 0 aliphatic rings. The monoisotopic (exact) mass is 471 g/mol. The van der Waals surface area contributed by atoms with Crippen LogP contribution in [0.1, 0.15) is 64.3 Å². The van der Waals surface area contributed by atoms with Gasteiger partial charge in [0.2, 0.25) is 0 Å². The van der Waals surface area contributed by atoms with Crippen LogP contribution in [0.4, 0.5) is 9.18 Å². The molecule has 2 aromatic rings. The molecular formula is C27H34FNO5. The first-order valence-corrected chi connectivity index (χ1v) is 11.2. The van der Waals surface area contributed by atoms with Crippen molar-refractivity contribution >= 4 is 17.8 Å². The highest BCUT2D eigenvalue weighted by Crippen LogP contribution is 2.38. The van der Waals surface area contributed by atoms with Gasteiger partial charge in [0.15, 0.2) is 5.78 Å². The van der Waals surface area contributed by atoms with Crippen LogP contribution < -0.4 is 5.32 Å². The Bertz CT molecular complexity index is 1010. The molecule has 0 aliphatic carbocycles. The van der Waals surface area contributed by atoms with Crippen LogP contribution in [-0.2, 0) is 25.7 Å². The minimum atomic E-state index is -3.21. The van der Waals surface area contributed by atoms with Gasteiger partial charge in [0, 0.05) is 5.41 Å². The molecule has 0 spiro atoms. The number of Topliss-reactive ketones (excluding diaryl/α,β-unsaturated/α-hetero) is 1. The lowest BCUT2D eigenvalue weighted by Crippen LogP contribution is -2.58. The van der Waals surface area contributed by atoms with Crippen molar-refractivity contribution in [3.63, 3.8) is 0 Å². The largest absolute Gasteiger partial charge is 0.458 e. The van der Waals surface area contributed by atoms with Crippen molar-refractivity contribution in [2.24, 2.45) is 5.41 Å². The summed E-state index contributed by atoms with van der Waals surface area (Å²) in [7, 11) is 0. The second-order valence-corrected chi connectivity index (χ2v) is 10.3. The standard InChI is InChI=1S/C27H34FNO5/c1-18-13-15-20(16-14-18)21(29-24(32)34-26(5,6)7)27(28,22(30)25(2,3)4)23(31)33-17-19-11-9-8-10-12-19/h8-16,21H,17H2,1-7H3,(H,29,32)/t21-,27+/m0/s1. The van der Waals surface area contributed by atoms with E-state index in [1.54, 1.807) is 75.4 Å². The number of aryl methyl sites for hydroxylation is 1. The molecule has 2 rings (SSSR count). The summed E-state index contributed by atoms with van der Waals surface area (Å²) in [5.74, 6) is -2.39. The van der Waals surface area contributed by atoms with E-state index in [-0.39, 0.29) is 12.2 Å². The van der Waals surface area contributed by atoms with Crippen molar-refractivity contribution < 1.29 is 28.2 Å². The van der Waals surface area contributed by atoms with Crippen LogP contribution in [0.5, 0.6) is 0 Å². The minimum Gasteiger partial charge on any atom is -0.458 e. The lowest BCUT2D eigenvalue weighted by molar-refractivity contribution is -0.169. The Labute approximate surface area is 200 Å². The van der Waals surface area contributed by atoms with Gasteiger partial charge in [-0.2, -0.15) is 0 Å². The topological polar surface area (TPSA) is 81.7 Å². The number of nitrogens with one attached hydrogen (secondary N) is 1. The lowest BCUT2D eigenvalue weighted by Gasteiger charge is -2.35. The first-order valence-electron chi connectivity index (χ1n) is 11.2. The van der Waals surface area contributed by atoms with Crippen LogP contribution in [0.25, 0.3) is 0 Å². The summed E-state index contributed by atoms with van der Waals surface area (Å²) in [6, 6.07) is 13.6. The first-order chi connectivity index (χ1) is 15.6. The number of ether oxygens (including phenoxy) is 2. The molecule has 0 aliphatic heterocycles. The molecule has 1 N–H and O–H groups in total. The number of alkyl carbamates (subject to hydrolysis) is 1. The number of esters is 1. The van der Waals surface area contributed by atoms with Gasteiger partial charge in [0.1, 0.15) is 18.2 Å². The van der Waals surface area contributed by atoms with E-state index in [1.807, 2.05) is 6.92 Å². The number of rotatable bonds is 7. The average Bonchev–Trinajstić information content (AvgIpc) is 2.74. The fourth-order valence-electron chi connectivity index (χ4n) is 3.31. The highest BCUT2D eigenvalue weighted by atomic mass is 19.1. The van der Waals surface area contributed by atoms with Crippen molar-refractivity contribution in [3.05, 3.63) is 71.3 Å². The zero-order chi connectivity index (χ0) is 25.7. The second-order valence-electron chi connectivity index (χ2n) is 10.3. The van der Waals surface area contributed by atoms with Gasteiger partial charge in [-0.25, -0.2) is 14.0 Å². The molecule has 1 amide bonds. The molecule has 0 saturated heterocycles. The predicted molar refractivity (Wildman–Crippen MR) is 128 cm³/mol. The molecule has 184 valence electrons. The normalized spacial score (nSPS) is 14.5. The predicted octanol–water partition coefficient (Wildman–Crippen LogP) is 5.63. The molecule has 0 heterocycles. The van der Waals surface area contributed by atoms with Gasteiger partial charge in [0.25, 0.3) is 5.67 Å². The van der Waals surface area contributed by atoms with Gasteiger partial charge in [-0.1, -0.05) is 80.9 Å². The van der Waals surface area contributed by atoms with Crippen LogP contribution in [0.3, 0.4) is 0 Å². The Morgan fingerprint density at radius 3 is 1.97 bits per heavy atom. The van der Waals surface area contributed by atoms with Crippen molar-refractivity contribution in [2.75, 3.05) is 0 Å². The van der Waals surface area contributed by atoms with Crippen LogP contribution in [0, 0.1) is 12.3 Å². The maximum Gasteiger partial charge on any atom is 0.408 e. The highest BCUT2D eigenvalue weighted by molar-refractivity contribution is 6.10. The van der Waals surface area contributed by atoms with Crippen molar-refractivity contribution in [3.8, 4) is 0 Å². The highest BCUT2D eigenvalue weighted by Gasteiger charge is 2.59. The fourth-order valence-corrected chi connectivity index (χ4v) is 3.31. The Hall–Kier alpha value is -3.22. The summed E-state index contributed by atoms with van der Waals surface area (Å²) in [4.78, 5) is 39.4. The van der Waals surface area contributed by atoms with E-state index in [4.69, 9.17) is 9.47 Å². The molecule has 0 radical (unpaired) electrons. The van der Waals surface area contributed by atoms with Crippen molar-refractivity contribution in [1.82, 2.24) is 5.32 Å². The first kappa shape index (κ1) is 27.0. The smallest absolute Gasteiger partial charge is 0.408 e. The number of carbonyl (C=O) groups is 3. The molecule has 7 heteroatoms. The van der Waals surface area contributed by atoms with Gasteiger partial charge in [-0.05, 0) is 38.8 Å². The molecule has 6 nitrogen and oxygen atoms in total. The van der Waals surface area contributed by atoms with E-state index < -0.39 is 40.6 Å². The Morgan fingerprint density at radius 2 is 1.47 bits per heavy atom. The van der Waals surface area contributed by atoms with E-state index in [0.29, 0.717) is 5.56 Å². The van der Waals surface area contributed by atoms with Gasteiger partial charge in [-0.3, -0.25) is 4.79 Å². The van der Waals surface area contributed by atoms with Crippen molar-refractivity contribution in [2.45, 2.75) is 72.4 Å². The maximum atomic E-state index is 16.9. The third kappa shape index (κ3) is 6.89. The summed E-state index contributed by atoms with van der Waals surface area (Å²) in [5.41, 5.74) is -3.58. The van der Waals surface area contributed by atoms with E-state index in [0.717, 1.165) is 5.56 Å². The van der Waals surface area contributed by atoms with Crippen molar-refractivity contribution in [1.29, 1.82) is 0 Å². The number of hydrogen-bond donors (Lipinski definition) is 1. The number of ketones is 1. The Morgan fingerprint density at radius 1 is 0.912 bits per heavy atom. The van der Waals surface area contributed by atoms with Crippen LogP contribution in [-0.4, -0.2) is 29.1 Å². The Balaban J connectivity index is 2.54. The zero-order valence-corrected chi connectivity index (χ0v) is 20.9. The molecule has 0 saturated carbocycles. The quantitative estimate of drug-likeness (QED) is 0.418. The molecule has 2 aromatic carbocycles. The molecule has 2 atom stereocenters. The van der Waals surface area contributed by atoms with E-state index in [2.05, 4.69) is 5.32 Å². The van der Waals surface area contributed by atoms with Crippen LogP contribution >= 0.6 is 0 Å². The summed E-state index contributed by atoms with van der Waals surface area (Å²) >= 11 is 0. The van der Waals surface area contributed by atoms with E-state index in [1.165, 1.54) is 20.8 Å². The number of halogens is 1. The molecular weight excluding hydrogens is 437 g/mol. The minimum absolute atomic E-state index is 0.226. The van der Waals surface area contributed by atoms with E-state index >= 15 is 4.39 Å².